The summed E-state index contributed by atoms with van der Waals surface area (Å²) >= 11 is 0. The lowest BCUT2D eigenvalue weighted by Crippen LogP contribution is -2.57. The number of rotatable bonds is 5. The van der Waals surface area contributed by atoms with Crippen molar-refractivity contribution in [3.63, 3.8) is 0 Å². The number of urea groups is 1. The maximum Gasteiger partial charge on any atom is 0.328 e. The molecule has 0 unspecified atom stereocenters. The summed E-state index contributed by atoms with van der Waals surface area (Å²) in [5, 5.41) is 14.2. The van der Waals surface area contributed by atoms with Gasteiger partial charge in [0.05, 0.1) is 0 Å². The number of carboxylic acid groups (broad SMARTS) is 1. The molecular weight excluding hydrogens is 246 g/mol. The number of likely N-dealkylation sites (N-methyl/N-ethyl adjacent to an activating group) is 1. The summed E-state index contributed by atoms with van der Waals surface area (Å²) in [5.74, 6) is -1.05. The van der Waals surface area contributed by atoms with Crippen LogP contribution in [0.3, 0.4) is 0 Å². The number of carboxylic acids is 1. The third-order valence-corrected chi connectivity index (χ3v) is 4.02. The van der Waals surface area contributed by atoms with E-state index in [1.54, 1.807) is 0 Å². The molecule has 6 heteroatoms. The average Bonchev–Trinajstić information content (AvgIpc) is 2.75. The van der Waals surface area contributed by atoms with Crippen molar-refractivity contribution in [2.75, 3.05) is 20.6 Å². The number of nitrogens with one attached hydrogen (secondary N) is 2. The highest BCUT2D eigenvalue weighted by Gasteiger charge is 2.37. The molecule has 0 aromatic carbocycles. The second-order valence-corrected chi connectivity index (χ2v) is 6.06. The summed E-state index contributed by atoms with van der Waals surface area (Å²) in [5.41, 5.74) is -1.25. The summed E-state index contributed by atoms with van der Waals surface area (Å²) in [7, 11) is 4.04. The molecule has 2 amide bonds. The van der Waals surface area contributed by atoms with E-state index in [4.69, 9.17) is 5.11 Å². The third-order valence-electron chi connectivity index (χ3n) is 4.02. The highest BCUT2D eigenvalue weighted by atomic mass is 16.4. The highest BCUT2D eigenvalue weighted by Crippen LogP contribution is 2.33. The summed E-state index contributed by atoms with van der Waals surface area (Å²) in [6.07, 6.45) is 4.45. The molecule has 0 aliphatic heterocycles. The predicted octanol–water partition coefficient (Wildman–Crippen LogP) is 1.02. The van der Waals surface area contributed by atoms with Gasteiger partial charge in [-0.05, 0) is 40.8 Å². The van der Waals surface area contributed by atoms with E-state index < -0.39 is 17.5 Å². The molecule has 1 aliphatic rings. The Bertz CT molecular complexity index is 347. The summed E-state index contributed by atoms with van der Waals surface area (Å²) in [4.78, 5) is 24.9. The Hall–Kier alpha value is -1.30. The standard InChI is InChI=1S/C13H25N3O3/c1-12(2,10(17)18)15-11(19)14-9-13(16(3)4)7-5-6-8-13/h5-9H2,1-4H3,(H,17,18)(H2,14,15,19). The minimum atomic E-state index is -1.26. The Kier molecular flexibility index (Phi) is 4.79. The first-order valence-electron chi connectivity index (χ1n) is 6.66. The second kappa shape index (κ2) is 5.77. The molecule has 110 valence electrons. The quantitative estimate of drug-likeness (QED) is 0.697. The Morgan fingerprint density at radius 1 is 1.26 bits per heavy atom. The van der Waals surface area contributed by atoms with Gasteiger partial charge in [-0.15, -0.1) is 0 Å². The fraction of sp³-hybridized carbons (Fsp3) is 0.846. The van der Waals surface area contributed by atoms with Gasteiger partial charge in [-0.1, -0.05) is 12.8 Å². The van der Waals surface area contributed by atoms with Crippen LogP contribution in [0.4, 0.5) is 4.79 Å². The van der Waals surface area contributed by atoms with Crippen LogP contribution in [-0.4, -0.2) is 53.7 Å². The molecular formula is C13H25N3O3. The van der Waals surface area contributed by atoms with Gasteiger partial charge in [-0.2, -0.15) is 0 Å². The van der Waals surface area contributed by atoms with Gasteiger partial charge < -0.3 is 20.6 Å². The number of carbonyl (C=O) groups excluding carboxylic acids is 1. The minimum Gasteiger partial charge on any atom is -0.480 e. The van der Waals surface area contributed by atoms with Gasteiger partial charge in [-0.25, -0.2) is 9.59 Å². The molecule has 3 N–H and O–H groups in total. The largest absolute Gasteiger partial charge is 0.480 e. The second-order valence-electron chi connectivity index (χ2n) is 6.06. The molecule has 1 saturated carbocycles. The summed E-state index contributed by atoms with van der Waals surface area (Å²) in [6.45, 7) is 3.47. The van der Waals surface area contributed by atoms with Crippen LogP contribution >= 0.6 is 0 Å². The number of hydrogen-bond acceptors (Lipinski definition) is 3. The number of hydrogen-bond donors (Lipinski definition) is 3. The highest BCUT2D eigenvalue weighted by molar-refractivity contribution is 5.85. The molecule has 0 aromatic rings. The van der Waals surface area contributed by atoms with Gasteiger partial charge in [-0.3, -0.25) is 0 Å². The molecule has 1 rings (SSSR count). The van der Waals surface area contributed by atoms with E-state index in [1.807, 2.05) is 14.1 Å². The van der Waals surface area contributed by atoms with E-state index in [9.17, 15) is 9.59 Å². The molecule has 0 spiro atoms. The van der Waals surface area contributed by atoms with Crippen LogP contribution < -0.4 is 10.6 Å². The number of aliphatic carboxylic acids is 1. The van der Waals surface area contributed by atoms with Crippen LogP contribution in [-0.2, 0) is 4.79 Å². The number of carbonyl (C=O) groups is 2. The SMILES string of the molecule is CN(C)C1(CNC(=O)NC(C)(C)C(=O)O)CCCC1. The minimum absolute atomic E-state index is 0.00467. The van der Waals surface area contributed by atoms with Crippen molar-refractivity contribution < 1.29 is 14.7 Å². The molecule has 0 radical (unpaired) electrons. The van der Waals surface area contributed by atoms with E-state index in [2.05, 4.69) is 15.5 Å². The zero-order valence-corrected chi connectivity index (χ0v) is 12.2. The van der Waals surface area contributed by atoms with Crippen molar-refractivity contribution in [3.05, 3.63) is 0 Å². The zero-order chi connectivity index (χ0) is 14.7. The van der Waals surface area contributed by atoms with Crippen molar-refractivity contribution in [1.29, 1.82) is 0 Å². The topological polar surface area (TPSA) is 81.7 Å². The molecule has 6 nitrogen and oxygen atoms in total. The first-order valence-corrected chi connectivity index (χ1v) is 6.66. The van der Waals surface area contributed by atoms with E-state index in [0.29, 0.717) is 6.54 Å². The van der Waals surface area contributed by atoms with Crippen LogP contribution in [0.25, 0.3) is 0 Å². The van der Waals surface area contributed by atoms with E-state index in [0.717, 1.165) is 12.8 Å². The molecule has 0 saturated heterocycles. The van der Waals surface area contributed by atoms with Gasteiger partial charge in [0.2, 0.25) is 0 Å². The van der Waals surface area contributed by atoms with Crippen LogP contribution in [0.2, 0.25) is 0 Å². The van der Waals surface area contributed by atoms with Crippen LogP contribution in [0.1, 0.15) is 39.5 Å². The molecule has 0 atom stereocenters. The first-order chi connectivity index (χ1) is 8.69. The van der Waals surface area contributed by atoms with Gasteiger partial charge in [0, 0.05) is 12.1 Å². The van der Waals surface area contributed by atoms with E-state index in [-0.39, 0.29) is 5.54 Å². The van der Waals surface area contributed by atoms with Gasteiger partial charge in [0.25, 0.3) is 0 Å². The monoisotopic (exact) mass is 271 g/mol. The van der Waals surface area contributed by atoms with Gasteiger partial charge >= 0.3 is 12.0 Å². The fourth-order valence-electron chi connectivity index (χ4n) is 2.44. The van der Waals surface area contributed by atoms with Crippen molar-refractivity contribution >= 4 is 12.0 Å². The van der Waals surface area contributed by atoms with Gasteiger partial charge in [0.1, 0.15) is 5.54 Å². The molecule has 0 bridgehead atoms. The molecule has 1 fully saturated rings. The molecule has 1 aliphatic carbocycles. The van der Waals surface area contributed by atoms with E-state index >= 15 is 0 Å². The lowest BCUT2D eigenvalue weighted by molar-refractivity contribution is -0.142. The summed E-state index contributed by atoms with van der Waals surface area (Å²) in [6, 6.07) is -0.430. The summed E-state index contributed by atoms with van der Waals surface area (Å²) < 4.78 is 0. The maximum absolute atomic E-state index is 11.8. The van der Waals surface area contributed by atoms with Gasteiger partial charge in [0.15, 0.2) is 0 Å². The maximum atomic E-state index is 11.8. The van der Waals surface area contributed by atoms with Crippen molar-refractivity contribution in [1.82, 2.24) is 15.5 Å². The Labute approximate surface area is 114 Å². The fourth-order valence-corrected chi connectivity index (χ4v) is 2.44. The lowest BCUT2D eigenvalue weighted by Gasteiger charge is -2.36. The Morgan fingerprint density at radius 2 is 1.79 bits per heavy atom. The van der Waals surface area contributed by atoms with Crippen LogP contribution in [0.5, 0.6) is 0 Å². The Morgan fingerprint density at radius 3 is 2.21 bits per heavy atom. The molecule has 0 heterocycles. The first kappa shape index (κ1) is 15.8. The number of amides is 2. The third kappa shape index (κ3) is 3.83. The van der Waals surface area contributed by atoms with Crippen molar-refractivity contribution in [2.24, 2.45) is 0 Å². The average molecular weight is 271 g/mol. The smallest absolute Gasteiger partial charge is 0.328 e. The predicted molar refractivity (Wildman–Crippen MR) is 73.1 cm³/mol. The van der Waals surface area contributed by atoms with E-state index in [1.165, 1.54) is 26.7 Å². The zero-order valence-electron chi connectivity index (χ0n) is 12.2. The van der Waals surface area contributed by atoms with Crippen molar-refractivity contribution in [3.8, 4) is 0 Å². The number of nitrogens with zero attached hydrogens (tertiary/aromatic N) is 1. The molecule has 0 aromatic heterocycles. The van der Waals surface area contributed by atoms with Crippen LogP contribution in [0, 0.1) is 0 Å². The normalized spacial score (nSPS) is 18.4. The van der Waals surface area contributed by atoms with Crippen LogP contribution in [0.15, 0.2) is 0 Å². The molecule has 19 heavy (non-hydrogen) atoms. The lowest BCUT2D eigenvalue weighted by atomic mass is 9.96. The van der Waals surface area contributed by atoms with Crippen molar-refractivity contribution in [2.45, 2.75) is 50.6 Å². The Balaban J connectivity index is 2.52.